The molecule has 2 N–H and O–H groups in total. The molecule has 0 radical (unpaired) electrons. The van der Waals surface area contributed by atoms with Gasteiger partial charge in [0.15, 0.2) is 5.96 Å². The predicted octanol–water partition coefficient (Wildman–Crippen LogP) is 2.37. The van der Waals surface area contributed by atoms with Gasteiger partial charge in [-0.3, -0.25) is 9.89 Å². The van der Waals surface area contributed by atoms with Crippen LogP contribution in [0, 0.1) is 5.92 Å². The minimum absolute atomic E-state index is 0.0450. The van der Waals surface area contributed by atoms with Crippen LogP contribution in [0.4, 0.5) is 13.2 Å². The summed E-state index contributed by atoms with van der Waals surface area (Å²) in [6.07, 6.45) is 1.66. The van der Waals surface area contributed by atoms with Gasteiger partial charge < -0.3 is 10.6 Å². The fourth-order valence-corrected chi connectivity index (χ4v) is 2.84. The molecule has 1 saturated heterocycles. The van der Waals surface area contributed by atoms with Gasteiger partial charge in [-0.25, -0.2) is 0 Å². The topological polar surface area (TPSA) is 39.7 Å². The quantitative estimate of drug-likeness (QED) is 0.430. The Bertz CT molecular complexity index is 366. The highest BCUT2D eigenvalue weighted by atomic mass is 19.4. The first kappa shape index (κ1) is 17.4. The van der Waals surface area contributed by atoms with E-state index in [-0.39, 0.29) is 6.04 Å². The van der Waals surface area contributed by atoms with Crippen LogP contribution in [0.15, 0.2) is 4.99 Å². The molecule has 1 unspecified atom stereocenters. The summed E-state index contributed by atoms with van der Waals surface area (Å²) in [5.74, 6) is 1.65. The van der Waals surface area contributed by atoms with Crippen LogP contribution < -0.4 is 10.6 Å². The molecule has 0 aromatic heterocycles. The molecule has 0 aromatic rings. The lowest BCUT2D eigenvalue weighted by Gasteiger charge is -2.19. The molecule has 7 heteroatoms. The highest BCUT2D eigenvalue weighted by Crippen LogP contribution is 2.33. The number of halogens is 3. The van der Waals surface area contributed by atoms with Crippen molar-refractivity contribution >= 4 is 5.96 Å². The largest absolute Gasteiger partial charge is 0.401 e. The molecule has 1 aliphatic carbocycles. The number of alkyl halides is 3. The van der Waals surface area contributed by atoms with Gasteiger partial charge in [0.25, 0.3) is 0 Å². The summed E-state index contributed by atoms with van der Waals surface area (Å²) in [4.78, 5) is 5.98. The van der Waals surface area contributed by atoms with Crippen LogP contribution in [0.5, 0.6) is 0 Å². The minimum Gasteiger partial charge on any atom is -0.357 e. The van der Waals surface area contributed by atoms with Crippen molar-refractivity contribution in [1.29, 1.82) is 0 Å². The zero-order valence-corrected chi connectivity index (χ0v) is 13.3. The van der Waals surface area contributed by atoms with Gasteiger partial charge in [-0.15, -0.1) is 0 Å². The fraction of sp³-hybridized carbons (Fsp3) is 0.933. The summed E-state index contributed by atoms with van der Waals surface area (Å²) in [5, 5.41) is 6.44. The number of aliphatic imine (C=N–C) groups is 1. The molecule has 1 atom stereocenters. The molecule has 1 aliphatic heterocycles. The number of rotatable bonds is 7. The average molecular weight is 320 g/mol. The Morgan fingerprint density at radius 3 is 2.68 bits per heavy atom. The first-order valence-corrected chi connectivity index (χ1v) is 8.30. The normalized spacial score (nSPS) is 23.8. The summed E-state index contributed by atoms with van der Waals surface area (Å²) in [7, 11) is 0. The number of nitrogens with one attached hydrogen (secondary N) is 2. The van der Waals surface area contributed by atoms with Crippen LogP contribution in [-0.4, -0.2) is 55.8 Å². The van der Waals surface area contributed by atoms with E-state index in [1.54, 1.807) is 0 Å². The lowest BCUT2D eigenvalue weighted by molar-refractivity contribution is -0.143. The van der Waals surface area contributed by atoms with E-state index >= 15 is 0 Å². The van der Waals surface area contributed by atoms with Crippen molar-refractivity contribution in [2.24, 2.45) is 10.9 Å². The Morgan fingerprint density at radius 2 is 2.05 bits per heavy atom. The second kappa shape index (κ2) is 8.04. The van der Waals surface area contributed by atoms with Gasteiger partial charge in [-0.1, -0.05) is 12.8 Å². The van der Waals surface area contributed by atoms with E-state index in [0.717, 1.165) is 37.8 Å². The fourth-order valence-electron chi connectivity index (χ4n) is 2.84. The van der Waals surface area contributed by atoms with Crippen LogP contribution in [0.3, 0.4) is 0 Å². The van der Waals surface area contributed by atoms with Gasteiger partial charge in [0.05, 0.1) is 6.54 Å². The Balaban J connectivity index is 1.71. The zero-order valence-electron chi connectivity index (χ0n) is 13.3. The molecule has 2 aliphatic rings. The lowest BCUT2D eigenvalue weighted by atomic mass is 10.2. The van der Waals surface area contributed by atoms with E-state index in [2.05, 4.69) is 15.6 Å². The third kappa shape index (κ3) is 6.85. The molecule has 2 fully saturated rings. The summed E-state index contributed by atoms with van der Waals surface area (Å²) in [6, 6.07) is 0.0450. The number of hydrogen-bond acceptors (Lipinski definition) is 2. The summed E-state index contributed by atoms with van der Waals surface area (Å²) in [6.45, 7) is 3.62. The van der Waals surface area contributed by atoms with E-state index in [9.17, 15) is 13.2 Å². The van der Waals surface area contributed by atoms with Crippen LogP contribution in [0.25, 0.3) is 0 Å². The maximum Gasteiger partial charge on any atom is 0.401 e. The first-order valence-electron chi connectivity index (χ1n) is 8.30. The highest BCUT2D eigenvalue weighted by molar-refractivity contribution is 5.80. The molecule has 0 amide bonds. The van der Waals surface area contributed by atoms with Gasteiger partial charge in [-0.05, 0) is 32.1 Å². The second-order valence-corrected chi connectivity index (χ2v) is 6.33. The van der Waals surface area contributed by atoms with Crippen molar-refractivity contribution in [1.82, 2.24) is 15.5 Å². The summed E-state index contributed by atoms with van der Waals surface area (Å²) < 4.78 is 37.2. The third-order valence-electron chi connectivity index (χ3n) is 4.10. The van der Waals surface area contributed by atoms with Gasteiger partial charge >= 0.3 is 6.18 Å². The maximum atomic E-state index is 12.4. The molecule has 22 heavy (non-hydrogen) atoms. The average Bonchev–Trinajstić information content (AvgIpc) is 3.15. The summed E-state index contributed by atoms with van der Waals surface area (Å²) >= 11 is 0. The van der Waals surface area contributed by atoms with Gasteiger partial charge in [-0.2, -0.15) is 13.2 Å². The van der Waals surface area contributed by atoms with Crippen LogP contribution in [0.2, 0.25) is 0 Å². The minimum atomic E-state index is -4.11. The Hall–Kier alpha value is -0.980. The van der Waals surface area contributed by atoms with Crippen molar-refractivity contribution in [2.45, 2.75) is 51.2 Å². The molecule has 0 aromatic carbocycles. The molecule has 128 valence electrons. The molecular weight excluding hydrogens is 293 g/mol. The van der Waals surface area contributed by atoms with Crippen LogP contribution in [0.1, 0.15) is 39.0 Å². The Kier molecular flexibility index (Phi) is 6.35. The van der Waals surface area contributed by atoms with Crippen molar-refractivity contribution < 1.29 is 13.2 Å². The van der Waals surface area contributed by atoms with Gasteiger partial charge in [0.1, 0.15) is 0 Å². The van der Waals surface area contributed by atoms with Crippen molar-refractivity contribution in [2.75, 3.05) is 32.7 Å². The number of guanidine groups is 1. The van der Waals surface area contributed by atoms with E-state index in [1.165, 1.54) is 24.2 Å². The second-order valence-electron chi connectivity index (χ2n) is 6.33. The van der Waals surface area contributed by atoms with Crippen LogP contribution >= 0.6 is 0 Å². The predicted molar refractivity (Wildman–Crippen MR) is 82.0 cm³/mol. The van der Waals surface area contributed by atoms with E-state index in [1.807, 2.05) is 6.92 Å². The first-order chi connectivity index (χ1) is 10.5. The van der Waals surface area contributed by atoms with E-state index in [4.69, 9.17) is 0 Å². The standard InChI is InChI=1S/C15H27F3N4/c1-2-19-14(20-8-3-4-12-5-6-12)21-13-7-9-22(10-13)11-15(16,17)18/h12-13H,2-11H2,1H3,(H2,19,20,21). The Labute approximate surface area is 130 Å². The van der Waals surface area contributed by atoms with Gasteiger partial charge in [0, 0.05) is 32.2 Å². The molecular formula is C15H27F3N4. The number of likely N-dealkylation sites (tertiary alicyclic amines) is 1. The molecule has 0 spiro atoms. The summed E-state index contributed by atoms with van der Waals surface area (Å²) in [5.41, 5.74) is 0. The number of hydrogen-bond donors (Lipinski definition) is 2. The number of nitrogens with zero attached hydrogens (tertiary/aromatic N) is 2. The molecule has 4 nitrogen and oxygen atoms in total. The third-order valence-corrected chi connectivity index (χ3v) is 4.10. The van der Waals surface area contributed by atoms with E-state index in [0.29, 0.717) is 13.1 Å². The Morgan fingerprint density at radius 1 is 1.27 bits per heavy atom. The zero-order chi connectivity index (χ0) is 16.0. The van der Waals surface area contributed by atoms with Crippen molar-refractivity contribution in [3.63, 3.8) is 0 Å². The maximum absolute atomic E-state index is 12.4. The molecule has 2 rings (SSSR count). The highest BCUT2D eigenvalue weighted by Gasteiger charge is 2.34. The molecule has 1 saturated carbocycles. The van der Waals surface area contributed by atoms with E-state index < -0.39 is 12.7 Å². The SMILES string of the molecule is CCNC(=NCCCC1CC1)NC1CCN(CC(F)(F)F)C1. The van der Waals surface area contributed by atoms with Crippen molar-refractivity contribution in [3.8, 4) is 0 Å². The van der Waals surface area contributed by atoms with Crippen LogP contribution in [-0.2, 0) is 0 Å². The lowest BCUT2D eigenvalue weighted by Crippen LogP contribution is -2.45. The monoisotopic (exact) mass is 320 g/mol. The van der Waals surface area contributed by atoms with Crippen molar-refractivity contribution in [3.05, 3.63) is 0 Å². The van der Waals surface area contributed by atoms with Gasteiger partial charge in [0.2, 0.25) is 0 Å². The molecule has 0 bridgehead atoms. The smallest absolute Gasteiger partial charge is 0.357 e. The molecule has 1 heterocycles.